The van der Waals surface area contributed by atoms with Crippen molar-refractivity contribution in [2.75, 3.05) is 32.8 Å². The van der Waals surface area contributed by atoms with Gasteiger partial charge in [-0.05, 0) is 36.8 Å². The third kappa shape index (κ3) is 4.21. The van der Waals surface area contributed by atoms with Crippen molar-refractivity contribution in [1.29, 1.82) is 0 Å². The van der Waals surface area contributed by atoms with Crippen molar-refractivity contribution >= 4 is 29.7 Å². The molecule has 0 bridgehead atoms. The van der Waals surface area contributed by atoms with Crippen LogP contribution in [0.2, 0.25) is 0 Å². The molecule has 2 aliphatic heterocycles. The van der Waals surface area contributed by atoms with Crippen molar-refractivity contribution in [3.8, 4) is 21.9 Å². The number of halogens is 1. The van der Waals surface area contributed by atoms with E-state index in [1.54, 1.807) is 22.3 Å². The number of aromatic hydroxyl groups is 1. The van der Waals surface area contributed by atoms with Crippen LogP contribution in [-0.4, -0.2) is 54.9 Å². The fourth-order valence-corrected chi connectivity index (χ4v) is 4.20. The van der Waals surface area contributed by atoms with Gasteiger partial charge < -0.3 is 24.8 Å². The average Bonchev–Trinajstić information content (AvgIpc) is 2.97. The molecule has 0 spiro atoms. The van der Waals surface area contributed by atoms with E-state index in [1.165, 1.54) is 4.88 Å². The lowest BCUT2D eigenvalue weighted by molar-refractivity contribution is -0.146. The van der Waals surface area contributed by atoms with Crippen LogP contribution < -0.4 is 10.1 Å². The number of phenols is 1. The Labute approximate surface area is 168 Å². The van der Waals surface area contributed by atoms with E-state index in [0.717, 1.165) is 22.5 Å². The standard InChI is InChI=1S/C19H22N2O4S.ClH/c1-12-2-3-17(26-12)13-8-14-11-21(5-7-25-18(14)15(22)9-13)19(23)16-10-20-4-6-24-16;/h2-3,8-9,16,20,22H,4-7,10-11H2,1H3;1H. The number of carbonyl (C=O) groups excluding carboxylic acids is 1. The molecule has 4 rings (SSSR count). The number of nitrogens with one attached hydrogen (secondary N) is 1. The predicted octanol–water partition coefficient (Wildman–Crippen LogP) is 2.56. The first-order chi connectivity index (χ1) is 12.6. The molecule has 0 saturated carbocycles. The number of ether oxygens (including phenoxy) is 2. The van der Waals surface area contributed by atoms with Crippen LogP contribution in [0.5, 0.6) is 11.5 Å². The number of rotatable bonds is 2. The number of fused-ring (bicyclic) bond motifs is 1. The Bertz CT molecular complexity index is 820. The molecule has 1 fully saturated rings. The van der Waals surface area contributed by atoms with E-state index in [0.29, 0.717) is 38.6 Å². The molecule has 6 nitrogen and oxygen atoms in total. The summed E-state index contributed by atoms with van der Waals surface area (Å²) in [6.07, 6.45) is -0.456. The zero-order chi connectivity index (χ0) is 18.1. The molecule has 1 atom stereocenters. The lowest BCUT2D eigenvalue weighted by Crippen LogP contribution is -2.49. The number of carbonyl (C=O) groups is 1. The van der Waals surface area contributed by atoms with Gasteiger partial charge in [0, 0.05) is 35.0 Å². The van der Waals surface area contributed by atoms with Crippen LogP contribution in [0.4, 0.5) is 0 Å². The molecule has 2 aliphatic rings. The van der Waals surface area contributed by atoms with Gasteiger partial charge in [-0.3, -0.25) is 4.79 Å². The summed E-state index contributed by atoms with van der Waals surface area (Å²) in [5.41, 5.74) is 1.76. The van der Waals surface area contributed by atoms with E-state index in [-0.39, 0.29) is 24.1 Å². The van der Waals surface area contributed by atoms with Crippen molar-refractivity contribution in [2.45, 2.75) is 19.6 Å². The number of nitrogens with zero attached hydrogens (tertiary/aromatic N) is 1. The lowest BCUT2D eigenvalue weighted by atomic mass is 10.1. The molecule has 1 unspecified atom stereocenters. The summed E-state index contributed by atoms with van der Waals surface area (Å²) in [6, 6.07) is 7.84. The molecule has 1 saturated heterocycles. The van der Waals surface area contributed by atoms with Crippen molar-refractivity contribution in [3.05, 3.63) is 34.7 Å². The molecule has 27 heavy (non-hydrogen) atoms. The highest BCUT2D eigenvalue weighted by Gasteiger charge is 2.29. The zero-order valence-corrected chi connectivity index (χ0v) is 16.7. The van der Waals surface area contributed by atoms with E-state index in [9.17, 15) is 9.90 Å². The van der Waals surface area contributed by atoms with Gasteiger partial charge in [0.15, 0.2) is 11.5 Å². The van der Waals surface area contributed by atoms with Gasteiger partial charge in [-0.2, -0.15) is 0 Å². The molecule has 1 aromatic heterocycles. The Hall–Kier alpha value is -1.80. The number of aryl methyl sites for hydroxylation is 1. The highest BCUT2D eigenvalue weighted by atomic mass is 35.5. The van der Waals surface area contributed by atoms with Gasteiger partial charge in [0.1, 0.15) is 12.7 Å². The third-order valence-corrected chi connectivity index (χ3v) is 5.70. The second kappa shape index (κ2) is 8.48. The van der Waals surface area contributed by atoms with E-state index >= 15 is 0 Å². The Kier molecular flexibility index (Phi) is 6.26. The maximum absolute atomic E-state index is 12.8. The first-order valence-electron chi connectivity index (χ1n) is 8.78. The van der Waals surface area contributed by atoms with Crippen LogP contribution in [0.1, 0.15) is 10.4 Å². The largest absolute Gasteiger partial charge is 0.504 e. The monoisotopic (exact) mass is 410 g/mol. The second-order valence-corrected chi connectivity index (χ2v) is 7.85. The predicted molar refractivity (Wildman–Crippen MR) is 107 cm³/mol. The molecular weight excluding hydrogens is 388 g/mol. The van der Waals surface area contributed by atoms with Gasteiger partial charge in [0.2, 0.25) is 0 Å². The molecule has 2 aromatic rings. The smallest absolute Gasteiger partial charge is 0.253 e. The van der Waals surface area contributed by atoms with Gasteiger partial charge in [0.05, 0.1) is 13.2 Å². The Morgan fingerprint density at radius 1 is 1.33 bits per heavy atom. The highest BCUT2D eigenvalue weighted by molar-refractivity contribution is 7.15. The number of benzene rings is 1. The van der Waals surface area contributed by atoms with Gasteiger partial charge in [0.25, 0.3) is 5.91 Å². The van der Waals surface area contributed by atoms with Gasteiger partial charge in [-0.15, -0.1) is 23.7 Å². The summed E-state index contributed by atoms with van der Waals surface area (Å²) in [4.78, 5) is 16.9. The number of morpholine rings is 1. The van der Waals surface area contributed by atoms with Crippen molar-refractivity contribution in [3.63, 3.8) is 0 Å². The number of hydrogen-bond donors (Lipinski definition) is 2. The van der Waals surface area contributed by atoms with Gasteiger partial charge in [-0.25, -0.2) is 0 Å². The van der Waals surface area contributed by atoms with Crippen LogP contribution in [0.25, 0.3) is 10.4 Å². The summed E-state index contributed by atoms with van der Waals surface area (Å²) in [6.45, 7) is 5.12. The Balaban J connectivity index is 0.00000210. The van der Waals surface area contributed by atoms with Crippen molar-refractivity contribution in [2.24, 2.45) is 0 Å². The topological polar surface area (TPSA) is 71.0 Å². The minimum Gasteiger partial charge on any atom is -0.504 e. The van der Waals surface area contributed by atoms with Crippen LogP contribution >= 0.6 is 23.7 Å². The Morgan fingerprint density at radius 2 is 2.19 bits per heavy atom. The molecule has 8 heteroatoms. The van der Waals surface area contributed by atoms with E-state index in [1.807, 2.05) is 12.1 Å². The molecule has 1 aromatic carbocycles. The molecule has 2 N–H and O–H groups in total. The number of amides is 1. The molecule has 1 amide bonds. The van der Waals surface area contributed by atoms with Crippen LogP contribution in [-0.2, 0) is 16.1 Å². The molecular formula is C19H23ClN2O4S. The first-order valence-corrected chi connectivity index (χ1v) is 9.60. The van der Waals surface area contributed by atoms with Gasteiger partial charge in [-0.1, -0.05) is 0 Å². The van der Waals surface area contributed by atoms with E-state index in [2.05, 4.69) is 18.3 Å². The van der Waals surface area contributed by atoms with Gasteiger partial charge >= 0.3 is 0 Å². The maximum Gasteiger partial charge on any atom is 0.253 e. The molecule has 146 valence electrons. The maximum atomic E-state index is 12.8. The fraction of sp³-hybridized carbons (Fsp3) is 0.421. The molecule has 3 heterocycles. The Morgan fingerprint density at radius 3 is 2.89 bits per heavy atom. The summed E-state index contributed by atoms with van der Waals surface area (Å²) < 4.78 is 11.3. The molecule has 0 radical (unpaired) electrons. The lowest BCUT2D eigenvalue weighted by Gasteiger charge is -2.28. The third-order valence-electron chi connectivity index (χ3n) is 4.65. The summed E-state index contributed by atoms with van der Waals surface area (Å²) in [5.74, 6) is 0.555. The number of thiophene rings is 1. The quantitative estimate of drug-likeness (QED) is 0.796. The normalized spacial score (nSPS) is 19.4. The summed E-state index contributed by atoms with van der Waals surface area (Å²) in [5, 5.41) is 13.6. The SMILES string of the molecule is Cc1ccc(-c2cc(O)c3c(c2)CN(C(=O)C2CNCCO2)CCO3)s1.Cl. The highest BCUT2D eigenvalue weighted by Crippen LogP contribution is 2.39. The molecule has 0 aliphatic carbocycles. The minimum absolute atomic E-state index is 0. The average molecular weight is 411 g/mol. The number of phenolic OH excluding ortho intramolecular Hbond substituents is 1. The van der Waals surface area contributed by atoms with E-state index in [4.69, 9.17) is 9.47 Å². The van der Waals surface area contributed by atoms with Crippen LogP contribution in [0, 0.1) is 6.92 Å². The minimum atomic E-state index is -0.456. The second-order valence-electron chi connectivity index (χ2n) is 6.57. The summed E-state index contributed by atoms with van der Waals surface area (Å²) in [7, 11) is 0. The fourth-order valence-electron chi connectivity index (χ4n) is 3.35. The van der Waals surface area contributed by atoms with Crippen LogP contribution in [0.3, 0.4) is 0 Å². The van der Waals surface area contributed by atoms with Crippen LogP contribution in [0.15, 0.2) is 24.3 Å². The van der Waals surface area contributed by atoms with Crippen molar-refractivity contribution in [1.82, 2.24) is 10.2 Å². The first kappa shape index (κ1) is 19.9. The van der Waals surface area contributed by atoms with Crippen molar-refractivity contribution < 1.29 is 19.4 Å². The summed E-state index contributed by atoms with van der Waals surface area (Å²) >= 11 is 1.67. The zero-order valence-electron chi connectivity index (χ0n) is 15.1. The van der Waals surface area contributed by atoms with E-state index < -0.39 is 6.10 Å². The number of hydrogen-bond acceptors (Lipinski definition) is 6.